The third-order valence-corrected chi connectivity index (χ3v) is 4.98. The molecule has 0 saturated heterocycles. The fourth-order valence-electron chi connectivity index (χ4n) is 2.30. The molecule has 0 amide bonds. The van der Waals surface area contributed by atoms with Gasteiger partial charge in [-0.05, 0) is 47.5 Å². The number of hydrogen-bond acceptors (Lipinski definition) is 3. The number of nitrogens with two attached hydrogens (primary N) is 1. The van der Waals surface area contributed by atoms with Gasteiger partial charge in [-0.3, -0.25) is 16.0 Å². The van der Waals surface area contributed by atoms with E-state index in [2.05, 4.69) is 33.4 Å². The topological polar surface area (TPSA) is 55.9 Å². The average molecular weight is 392 g/mol. The summed E-state index contributed by atoms with van der Waals surface area (Å²) < 4.78 is 2.97. The Hall–Kier alpha value is -0.590. The number of aromatic nitrogens is 2. The van der Waals surface area contributed by atoms with Crippen molar-refractivity contribution in [2.24, 2.45) is 5.84 Å². The monoisotopic (exact) mass is 390 g/mol. The quantitative estimate of drug-likeness (QED) is 0.597. The molecule has 0 aliphatic carbocycles. The Morgan fingerprint density at radius 3 is 2.71 bits per heavy atom. The van der Waals surface area contributed by atoms with Crippen LogP contribution in [0, 0.1) is 6.92 Å². The van der Waals surface area contributed by atoms with Gasteiger partial charge in [0.25, 0.3) is 0 Å². The Kier molecular flexibility index (Phi) is 5.68. The van der Waals surface area contributed by atoms with E-state index >= 15 is 0 Å². The van der Waals surface area contributed by atoms with E-state index in [1.807, 2.05) is 23.7 Å². The third kappa shape index (κ3) is 3.60. The first-order valence-electron chi connectivity index (χ1n) is 6.60. The Balaban J connectivity index is 2.35. The molecular weight excluding hydrogens is 375 g/mol. The number of aryl methyl sites for hydroxylation is 2. The SMILES string of the molecule is CCn1nc(C)c(Br)c1CC(NN)c1ccc(Cl)cc1Cl. The second-order valence-corrected chi connectivity index (χ2v) is 6.39. The van der Waals surface area contributed by atoms with Crippen molar-refractivity contribution in [3.8, 4) is 0 Å². The molecule has 0 spiro atoms. The predicted molar refractivity (Wildman–Crippen MR) is 90.6 cm³/mol. The van der Waals surface area contributed by atoms with E-state index in [1.165, 1.54) is 0 Å². The number of rotatable bonds is 5. The first kappa shape index (κ1) is 16.8. The maximum absolute atomic E-state index is 6.27. The van der Waals surface area contributed by atoms with Crippen LogP contribution in [0.2, 0.25) is 10.0 Å². The lowest BCUT2D eigenvalue weighted by Crippen LogP contribution is -2.30. The van der Waals surface area contributed by atoms with Gasteiger partial charge in [0.2, 0.25) is 0 Å². The summed E-state index contributed by atoms with van der Waals surface area (Å²) in [5, 5.41) is 5.70. The van der Waals surface area contributed by atoms with Crippen LogP contribution in [0.5, 0.6) is 0 Å². The summed E-state index contributed by atoms with van der Waals surface area (Å²) in [6, 6.07) is 5.31. The molecule has 114 valence electrons. The zero-order chi connectivity index (χ0) is 15.6. The maximum Gasteiger partial charge on any atom is 0.0738 e. The van der Waals surface area contributed by atoms with Gasteiger partial charge in [0.15, 0.2) is 0 Å². The molecule has 0 saturated carbocycles. The molecule has 0 bridgehead atoms. The highest BCUT2D eigenvalue weighted by Gasteiger charge is 2.20. The molecule has 3 N–H and O–H groups in total. The zero-order valence-electron chi connectivity index (χ0n) is 11.8. The van der Waals surface area contributed by atoms with Crippen molar-refractivity contribution >= 4 is 39.1 Å². The van der Waals surface area contributed by atoms with Gasteiger partial charge < -0.3 is 0 Å². The van der Waals surface area contributed by atoms with Crippen LogP contribution in [0.3, 0.4) is 0 Å². The summed E-state index contributed by atoms with van der Waals surface area (Å²) in [5.74, 6) is 5.72. The van der Waals surface area contributed by atoms with E-state index in [0.717, 1.165) is 28.0 Å². The van der Waals surface area contributed by atoms with Crippen molar-refractivity contribution in [1.82, 2.24) is 15.2 Å². The molecule has 0 aliphatic heterocycles. The molecule has 1 aromatic carbocycles. The average Bonchev–Trinajstić information content (AvgIpc) is 2.72. The molecule has 0 fully saturated rings. The number of hydrogen-bond donors (Lipinski definition) is 2. The molecular formula is C14H17BrCl2N4. The molecule has 0 radical (unpaired) electrons. The number of nitrogens with zero attached hydrogens (tertiary/aromatic N) is 2. The van der Waals surface area contributed by atoms with Crippen molar-refractivity contribution in [2.75, 3.05) is 0 Å². The Morgan fingerprint density at radius 2 is 2.14 bits per heavy atom. The Bertz CT molecular complexity index is 642. The van der Waals surface area contributed by atoms with Crippen LogP contribution in [-0.4, -0.2) is 9.78 Å². The molecule has 0 aliphatic rings. The zero-order valence-corrected chi connectivity index (χ0v) is 14.9. The second-order valence-electron chi connectivity index (χ2n) is 4.75. The number of hydrazine groups is 1. The summed E-state index contributed by atoms with van der Waals surface area (Å²) >= 11 is 15.8. The van der Waals surface area contributed by atoms with Crippen molar-refractivity contribution in [3.05, 3.63) is 49.7 Å². The Labute approximate surface area is 142 Å². The van der Waals surface area contributed by atoms with E-state index in [1.54, 1.807) is 6.07 Å². The van der Waals surface area contributed by atoms with Crippen molar-refractivity contribution in [1.29, 1.82) is 0 Å². The van der Waals surface area contributed by atoms with Crippen LogP contribution in [0.25, 0.3) is 0 Å². The minimum atomic E-state index is -0.118. The predicted octanol–water partition coefficient (Wildman–Crippen LogP) is 4.03. The van der Waals surface area contributed by atoms with Crippen LogP contribution in [-0.2, 0) is 13.0 Å². The highest BCUT2D eigenvalue weighted by molar-refractivity contribution is 9.10. The van der Waals surface area contributed by atoms with Gasteiger partial charge in [-0.2, -0.15) is 5.10 Å². The summed E-state index contributed by atoms with van der Waals surface area (Å²) in [5.41, 5.74) is 5.79. The van der Waals surface area contributed by atoms with Gasteiger partial charge in [-0.25, -0.2) is 0 Å². The fraction of sp³-hybridized carbons (Fsp3) is 0.357. The van der Waals surface area contributed by atoms with E-state index in [-0.39, 0.29) is 6.04 Å². The minimum absolute atomic E-state index is 0.118. The standard InChI is InChI=1S/C14H17BrCl2N4/c1-3-21-13(14(15)8(2)20-21)7-12(19-18)10-5-4-9(16)6-11(10)17/h4-6,12,19H,3,7,18H2,1-2H3. The van der Waals surface area contributed by atoms with E-state index < -0.39 is 0 Å². The summed E-state index contributed by atoms with van der Waals surface area (Å²) in [7, 11) is 0. The molecule has 1 atom stereocenters. The van der Waals surface area contributed by atoms with E-state index in [0.29, 0.717) is 16.5 Å². The molecule has 1 aromatic heterocycles. The smallest absolute Gasteiger partial charge is 0.0738 e. The number of benzene rings is 1. The highest BCUT2D eigenvalue weighted by atomic mass is 79.9. The normalized spacial score (nSPS) is 12.7. The van der Waals surface area contributed by atoms with Gasteiger partial charge in [-0.1, -0.05) is 29.3 Å². The lowest BCUT2D eigenvalue weighted by molar-refractivity contribution is 0.516. The van der Waals surface area contributed by atoms with Gasteiger partial charge in [0.1, 0.15) is 0 Å². The molecule has 2 rings (SSSR count). The lowest BCUT2D eigenvalue weighted by Gasteiger charge is -2.19. The van der Waals surface area contributed by atoms with Crippen LogP contribution in [0.15, 0.2) is 22.7 Å². The van der Waals surface area contributed by atoms with Crippen LogP contribution in [0.1, 0.15) is 29.9 Å². The maximum atomic E-state index is 6.27. The molecule has 1 unspecified atom stereocenters. The molecule has 1 heterocycles. The molecule has 7 heteroatoms. The minimum Gasteiger partial charge on any atom is -0.271 e. The van der Waals surface area contributed by atoms with E-state index in [9.17, 15) is 0 Å². The van der Waals surface area contributed by atoms with E-state index in [4.69, 9.17) is 29.0 Å². The van der Waals surface area contributed by atoms with Gasteiger partial charge >= 0.3 is 0 Å². The second kappa shape index (κ2) is 7.11. The third-order valence-electron chi connectivity index (χ3n) is 3.39. The Morgan fingerprint density at radius 1 is 1.43 bits per heavy atom. The van der Waals surface area contributed by atoms with Crippen LogP contribution in [0.4, 0.5) is 0 Å². The fourth-order valence-corrected chi connectivity index (χ4v) is 3.29. The summed E-state index contributed by atoms with van der Waals surface area (Å²) in [6.45, 7) is 4.83. The van der Waals surface area contributed by atoms with Gasteiger partial charge in [0, 0.05) is 23.0 Å². The summed E-state index contributed by atoms with van der Waals surface area (Å²) in [4.78, 5) is 0. The highest BCUT2D eigenvalue weighted by Crippen LogP contribution is 2.30. The number of nitrogens with one attached hydrogen (secondary N) is 1. The number of halogens is 3. The first-order valence-corrected chi connectivity index (χ1v) is 8.15. The largest absolute Gasteiger partial charge is 0.271 e. The van der Waals surface area contributed by atoms with Crippen LogP contribution >= 0.6 is 39.1 Å². The molecule has 2 aromatic rings. The van der Waals surface area contributed by atoms with Crippen molar-refractivity contribution in [3.63, 3.8) is 0 Å². The van der Waals surface area contributed by atoms with Gasteiger partial charge in [-0.15, -0.1) is 0 Å². The summed E-state index contributed by atoms with van der Waals surface area (Å²) in [6.07, 6.45) is 0.674. The first-order chi connectivity index (χ1) is 9.97. The molecule has 21 heavy (non-hydrogen) atoms. The molecule has 4 nitrogen and oxygen atoms in total. The lowest BCUT2D eigenvalue weighted by atomic mass is 10.0. The van der Waals surface area contributed by atoms with Crippen LogP contribution < -0.4 is 11.3 Å². The van der Waals surface area contributed by atoms with Crippen molar-refractivity contribution < 1.29 is 0 Å². The van der Waals surface area contributed by atoms with Gasteiger partial charge in [0.05, 0.1) is 21.9 Å². The van der Waals surface area contributed by atoms with Crippen molar-refractivity contribution in [2.45, 2.75) is 32.9 Å².